The number of hydrogen-bond donors (Lipinski definition) is 1. The van der Waals surface area contributed by atoms with Crippen molar-refractivity contribution >= 4 is 23.3 Å². The predicted molar refractivity (Wildman–Crippen MR) is 70.9 cm³/mol. The third-order valence-electron chi connectivity index (χ3n) is 2.61. The highest BCUT2D eigenvalue weighted by molar-refractivity contribution is 6.31. The molecule has 0 aliphatic carbocycles. The van der Waals surface area contributed by atoms with Gasteiger partial charge in [-0.15, -0.1) is 0 Å². The fourth-order valence-electron chi connectivity index (χ4n) is 1.65. The lowest BCUT2D eigenvalue weighted by Crippen LogP contribution is -2.26. The molecule has 4 heteroatoms. The van der Waals surface area contributed by atoms with Crippen molar-refractivity contribution in [3.05, 3.63) is 28.8 Å². The number of rotatable bonds is 6. The van der Waals surface area contributed by atoms with Crippen LogP contribution in [-0.2, 0) is 4.79 Å². The van der Waals surface area contributed by atoms with Crippen LogP contribution in [0.1, 0.15) is 25.3 Å². The van der Waals surface area contributed by atoms with E-state index in [0.717, 1.165) is 29.2 Å². The van der Waals surface area contributed by atoms with Gasteiger partial charge in [0.25, 0.3) is 0 Å². The second-order valence-electron chi connectivity index (χ2n) is 4.06. The van der Waals surface area contributed by atoms with Crippen LogP contribution in [0.4, 0.5) is 5.69 Å². The van der Waals surface area contributed by atoms with Crippen LogP contribution in [-0.4, -0.2) is 24.2 Å². The molecule has 0 fully saturated rings. The van der Waals surface area contributed by atoms with Crippen LogP contribution in [0.5, 0.6) is 0 Å². The van der Waals surface area contributed by atoms with E-state index in [9.17, 15) is 4.79 Å². The first kappa shape index (κ1) is 13.8. The number of carbonyl (C=O) groups is 1. The Labute approximate surface area is 107 Å². The molecule has 0 aromatic heterocycles. The number of benzene rings is 1. The first-order valence-corrected chi connectivity index (χ1v) is 6.15. The lowest BCUT2D eigenvalue weighted by molar-refractivity contribution is -0.136. The molecule has 0 heterocycles. The normalized spacial score (nSPS) is 10.3. The summed E-state index contributed by atoms with van der Waals surface area (Å²) in [6.07, 6.45) is 1.12. The topological polar surface area (TPSA) is 40.5 Å². The molecule has 17 heavy (non-hydrogen) atoms. The van der Waals surface area contributed by atoms with Crippen LogP contribution < -0.4 is 4.90 Å². The zero-order valence-corrected chi connectivity index (χ0v) is 11.0. The van der Waals surface area contributed by atoms with Crippen LogP contribution in [0, 0.1) is 6.92 Å². The summed E-state index contributed by atoms with van der Waals surface area (Å²) in [5.41, 5.74) is 2.02. The van der Waals surface area contributed by atoms with E-state index in [2.05, 4.69) is 11.8 Å². The van der Waals surface area contributed by atoms with Crippen molar-refractivity contribution in [3.63, 3.8) is 0 Å². The largest absolute Gasteiger partial charge is 0.481 e. The Hall–Kier alpha value is -1.22. The first-order chi connectivity index (χ1) is 8.04. The minimum absolute atomic E-state index is 0.144. The van der Waals surface area contributed by atoms with Gasteiger partial charge in [-0.05, 0) is 31.0 Å². The van der Waals surface area contributed by atoms with Gasteiger partial charge in [0.05, 0.1) is 6.42 Å². The molecule has 94 valence electrons. The number of aliphatic carboxylic acids is 1. The van der Waals surface area contributed by atoms with Crippen molar-refractivity contribution < 1.29 is 9.90 Å². The van der Waals surface area contributed by atoms with E-state index in [4.69, 9.17) is 16.7 Å². The fraction of sp³-hybridized carbons (Fsp3) is 0.462. The number of anilines is 1. The van der Waals surface area contributed by atoms with E-state index in [-0.39, 0.29) is 6.42 Å². The summed E-state index contributed by atoms with van der Waals surface area (Å²) in [7, 11) is 0. The van der Waals surface area contributed by atoms with Crippen LogP contribution in [0.2, 0.25) is 5.02 Å². The molecule has 0 bridgehead atoms. The Morgan fingerprint density at radius 2 is 2.12 bits per heavy atom. The van der Waals surface area contributed by atoms with Crippen LogP contribution in [0.15, 0.2) is 18.2 Å². The molecular weight excluding hydrogens is 238 g/mol. The number of halogens is 1. The Balaban J connectivity index is 2.81. The summed E-state index contributed by atoms with van der Waals surface area (Å²) >= 11 is 6.08. The highest BCUT2D eigenvalue weighted by Crippen LogP contribution is 2.23. The maximum atomic E-state index is 10.6. The maximum Gasteiger partial charge on any atom is 0.305 e. The zero-order chi connectivity index (χ0) is 12.8. The van der Waals surface area contributed by atoms with Gasteiger partial charge in [0.15, 0.2) is 0 Å². The molecule has 0 atom stereocenters. The van der Waals surface area contributed by atoms with Gasteiger partial charge in [0.1, 0.15) is 0 Å². The van der Waals surface area contributed by atoms with E-state index < -0.39 is 5.97 Å². The number of carboxylic acid groups (broad SMARTS) is 1. The van der Waals surface area contributed by atoms with Crippen molar-refractivity contribution in [2.75, 3.05) is 18.0 Å². The summed E-state index contributed by atoms with van der Waals surface area (Å²) in [6.45, 7) is 5.38. The molecule has 3 nitrogen and oxygen atoms in total. The van der Waals surface area contributed by atoms with Gasteiger partial charge in [-0.3, -0.25) is 4.79 Å². The van der Waals surface area contributed by atoms with Crippen molar-refractivity contribution in [3.8, 4) is 0 Å². The van der Waals surface area contributed by atoms with Crippen LogP contribution in [0.3, 0.4) is 0 Å². The SMILES string of the molecule is CCCN(CCC(=O)O)c1ccc(C)c(Cl)c1. The molecule has 0 aliphatic heterocycles. The zero-order valence-electron chi connectivity index (χ0n) is 10.2. The van der Waals surface area contributed by atoms with E-state index in [0.29, 0.717) is 6.54 Å². The Morgan fingerprint density at radius 3 is 2.65 bits per heavy atom. The molecule has 0 unspecified atom stereocenters. The van der Waals surface area contributed by atoms with Gasteiger partial charge in [-0.25, -0.2) is 0 Å². The molecule has 1 aromatic rings. The van der Waals surface area contributed by atoms with E-state index in [1.807, 2.05) is 25.1 Å². The molecule has 0 aliphatic rings. The minimum Gasteiger partial charge on any atom is -0.481 e. The molecule has 1 aromatic carbocycles. The third kappa shape index (κ3) is 4.27. The van der Waals surface area contributed by atoms with Crippen LogP contribution in [0.25, 0.3) is 0 Å². The fourth-order valence-corrected chi connectivity index (χ4v) is 1.82. The van der Waals surface area contributed by atoms with E-state index >= 15 is 0 Å². The highest BCUT2D eigenvalue weighted by Gasteiger charge is 2.09. The summed E-state index contributed by atoms with van der Waals surface area (Å²) in [4.78, 5) is 12.7. The summed E-state index contributed by atoms with van der Waals surface area (Å²) in [6, 6.07) is 5.84. The molecule has 0 radical (unpaired) electrons. The molecule has 1 N–H and O–H groups in total. The van der Waals surface area contributed by atoms with Gasteiger partial charge < -0.3 is 10.0 Å². The Morgan fingerprint density at radius 1 is 1.41 bits per heavy atom. The van der Waals surface area contributed by atoms with Crippen LogP contribution >= 0.6 is 11.6 Å². The average molecular weight is 256 g/mol. The number of aryl methyl sites for hydroxylation is 1. The van der Waals surface area contributed by atoms with E-state index in [1.165, 1.54) is 0 Å². The second kappa shape index (κ2) is 6.50. The third-order valence-corrected chi connectivity index (χ3v) is 3.02. The predicted octanol–water partition coefficient (Wildman–Crippen LogP) is 3.34. The summed E-state index contributed by atoms with van der Waals surface area (Å²) in [5.74, 6) is -0.774. The quantitative estimate of drug-likeness (QED) is 0.848. The smallest absolute Gasteiger partial charge is 0.305 e. The summed E-state index contributed by atoms with van der Waals surface area (Å²) < 4.78 is 0. The number of carboxylic acids is 1. The average Bonchev–Trinajstić information content (AvgIpc) is 2.28. The Kier molecular flexibility index (Phi) is 5.29. The standard InChI is InChI=1S/C13H18ClNO2/c1-3-7-15(8-6-13(16)17)11-5-4-10(2)12(14)9-11/h4-5,9H,3,6-8H2,1-2H3,(H,16,17). The molecule has 1 rings (SSSR count). The second-order valence-corrected chi connectivity index (χ2v) is 4.47. The van der Waals surface area contributed by atoms with Crippen molar-refractivity contribution in [1.82, 2.24) is 0 Å². The van der Waals surface area contributed by atoms with E-state index in [1.54, 1.807) is 0 Å². The maximum absolute atomic E-state index is 10.6. The molecule has 0 amide bonds. The van der Waals surface area contributed by atoms with Gasteiger partial charge in [0, 0.05) is 23.8 Å². The number of nitrogens with zero attached hydrogens (tertiary/aromatic N) is 1. The minimum atomic E-state index is -0.774. The molecule has 0 saturated carbocycles. The number of hydrogen-bond acceptors (Lipinski definition) is 2. The highest BCUT2D eigenvalue weighted by atomic mass is 35.5. The van der Waals surface area contributed by atoms with Crippen molar-refractivity contribution in [1.29, 1.82) is 0 Å². The van der Waals surface area contributed by atoms with Gasteiger partial charge in [0.2, 0.25) is 0 Å². The van der Waals surface area contributed by atoms with Crippen molar-refractivity contribution in [2.24, 2.45) is 0 Å². The molecular formula is C13H18ClNO2. The lowest BCUT2D eigenvalue weighted by Gasteiger charge is -2.24. The molecule has 0 spiro atoms. The van der Waals surface area contributed by atoms with Gasteiger partial charge in [-0.1, -0.05) is 24.6 Å². The summed E-state index contributed by atoms with van der Waals surface area (Å²) in [5, 5.41) is 9.44. The molecule has 0 saturated heterocycles. The first-order valence-electron chi connectivity index (χ1n) is 5.77. The Bertz CT molecular complexity index is 393. The lowest BCUT2D eigenvalue weighted by atomic mass is 10.2. The van der Waals surface area contributed by atoms with Crippen molar-refractivity contribution in [2.45, 2.75) is 26.7 Å². The monoisotopic (exact) mass is 255 g/mol. The van der Waals surface area contributed by atoms with Gasteiger partial charge >= 0.3 is 5.97 Å². The van der Waals surface area contributed by atoms with Gasteiger partial charge in [-0.2, -0.15) is 0 Å².